The molecule has 11 nitrogen and oxygen atoms in total. The number of carbonyl (C=O) groups is 2. The van der Waals surface area contributed by atoms with Crippen LogP contribution in [-0.2, 0) is 26.2 Å². The largest absolute Gasteiger partial charge is 0.497 e. The first kappa shape index (κ1) is 35.7. The molecule has 1 unspecified atom stereocenters. The third kappa shape index (κ3) is 8.61. The molecule has 47 heavy (non-hydrogen) atoms. The summed E-state index contributed by atoms with van der Waals surface area (Å²) in [5.41, 5.74) is 0.744. The molecule has 3 aromatic carbocycles. The third-order valence-electron chi connectivity index (χ3n) is 8.24. The van der Waals surface area contributed by atoms with E-state index in [-0.39, 0.29) is 45.6 Å². The van der Waals surface area contributed by atoms with Crippen LogP contribution in [0, 0.1) is 0 Å². The number of ether oxygens (including phenoxy) is 4. The second-order valence-electron chi connectivity index (χ2n) is 11.2. The fourth-order valence-electron chi connectivity index (χ4n) is 5.59. The number of carbonyl (C=O) groups excluding carboxylic acids is 2. The van der Waals surface area contributed by atoms with Crippen LogP contribution in [0.1, 0.15) is 44.6 Å². The number of hydrogen-bond donors (Lipinski definition) is 1. The van der Waals surface area contributed by atoms with Gasteiger partial charge in [-0.2, -0.15) is 0 Å². The molecule has 0 saturated heterocycles. The number of halogens is 1. The number of amides is 2. The Morgan fingerprint density at radius 1 is 0.872 bits per heavy atom. The van der Waals surface area contributed by atoms with Crippen molar-refractivity contribution < 1.29 is 37.0 Å². The van der Waals surface area contributed by atoms with Gasteiger partial charge in [-0.25, -0.2) is 8.42 Å². The van der Waals surface area contributed by atoms with E-state index < -0.39 is 28.5 Å². The summed E-state index contributed by atoms with van der Waals surface area (Å²) < 4.78 is 51.3. The second-order valence-corrected chi connectivity index (χ2v) is 13.5. The van der Waals surface area contributed by atoms with E-state index in [0.717, 1.165) is 36.4 Å². The molecule has 0 spiro atoms. The van der Waals surface area contributed by atoms with Crippen molar-refractivity contribution >= 4 is 39.1 Å². The Kier molecular flexibility index (Phi) is 12.2. The van der Waals surface area contributed by atoms with E-state index >= 15 is 0 Å². The van der Waals surface area contributed by atoms with Crippen molar-refractivity contribution in [1.82, 2.24) is 10.2 Å². The minimum Gasteiger partial charge on any atom is -0.497 e. The maximum absolute atomic E-state index is 14.4. The Bertz CT molecular complexity index is 1660. The van der Waals surface area contributed by atoms with Crippen molar-refractivity contribution in [3.63, 3.8) is 0 Å². The lowest BCUT2D eigenvalue weighted by Gasteiger charge is -2.33. The molecule has 1 aliphatic rings. The fourth-order valence-corrected chi connectivity index (χ4v) is 7.19. The molecule has 1 atom stereocenters. The summed E-state index contributed by atoms with van der Waals surface area (Å²) in [7, 11) is 1.32. The predicted molar refractivity (Wildman–Crippen MR) is 180 cm³/mol. The van der Waals surface area contributed by atoms with Crippen LogP contribution in [0.5, 0.6) is 23.0 Å². The monoisotopic (exact) mass is 687 g/mol. The molecular weight excluding hydrogens is 646 g/mol. The molecule has 4 rings (SSSR count). The maximum atomic E-state index is 14.4. The van der Waals surface area contributed by atoms with Crippen molar-refractivity contribution in [2.24, 2.45) is 0 Å². The number of benzene rings is 3. The van der Waals surface area contributed by atoms with Crippen molar-refractivity contribution in [3.8, 4) is 23.0 Å². The summed E-state index contributed by atoms with van der Waals surface area (Å²) >= 11 is 6.35. The summed E-state index contributed by atoms with van der Waals surface area (Å²) in [5.74, 6) is 0.333. The van der Waals surface area contributed by atoms with Crippen LogP contribution in [0.25, 0.3) is 0 Å². The molecule has 0 bridgehead atoms. The molecule has 13 heteroatoms. The van der Waals surface area contributed by atoms with Crippen molar-refractivity contribution in [2.75, 3.05) is 39.3 Å². The van der Waals surface area contributed by atoms with E-state index in [4.69, 9.17) is 30.5 Å². The minimum absolute atomic E-state index is 0.0186. The smallest absolute Gasteiger partial charge is 0.265 e. The van der Waals surface area contributed by atoms with Gasteiger partial charge in [-0.05, 0) is 67.8 Å². The quantitative estimate of drug-likeness (QED) is 0.238. The van der Waals surface area contributed by atoms with Crippen LogP contribution in [0.15, 0.2) is 65.6 Å². The number of rotatable bonds is 14. The van der Waals surface area contributed by atoms with Gasteiger partial charge in [0.15, 0.2) is 11.5 Å². The standard InChI is InChI=1S/C34H42ClN3O8S/c1-23(34(40)36-26-11-7-6-8-12-26)37(21-24-10-9-13-27(18-24)43-2)33(39)22-38(29-19-25(35)14-16-30(29)44-3)47(41,42)28-15-17-31(45-4)32(20-28)46-5/h9-10,13-20,23,26H,6-8,11-12,21-22H2,1-5H3,(H,36,40). The summed E-state index contributed by atoms with van der Waals surface area (Å²) in [6, 6.07) is 14.9. The number of nitrogens with zero attached hydrogens (tertiary/aromatic N) is 2. The molecule has 1 aliphatic carbocycles. The molecule has 1 fully saturated rings. The van der Waals surface area contributed by atoms with E-state index in [9.17, 15) is 18.0 Å². The Hall–Kier alpha value is -4.16. The Labute approximate surface area is 281 Å². The van der Waals surface area contributed by atoms with E-state index in [1.54, 1.807) is 31.2 Å². The molecule has 1 N–H and O–H groups in total. The predicted octanol–water partition coefficient (Wildman–Crippen LogP) is 5.44. The average Bonchev–Trinajstić information content (AvgIpc) is 3.09. The van der Waals surface area contributed by atoms with Crippen LogP contribution < -0.4 is 28.6 Å². The number of hydrogen-bond acceptors (Lipinski definition) is 8. The Morgan fingerprint density at radius 3 is 2.21 bits per heavy atom. The van der Waals surface area contributed by atoms with E-state index in [1.807, 2.05) is 6.07 Å². The molecule has 2 amide bonds. The van der Waals surface area contributed by atoms with Gasteiger partial charge in [0.2, 0.25) is 11.8 Å². The zero-order valence-corrected chi connectivity index (χ0v) is 28.9. The van der Waals surface area contributed by atoms with Gasteiger partial charge >= 0.3 is 0 Å². The number of methoxy groups -OCH3 is 4. The first-order valence-electron chi connectivity index (χ1n) is 15.3. The third-order valence-corrected chi connectivity index (χ3v) is 10.2. The van der Waals surface area contributed by atoms with Gasteiger partial charge in [0.1, 0.15) is 24.1 Å². The lowest BCUT2D eigenvalue weighted by Crippen LogP contribution is -2.53. The van der Waals surface area contributed by atoms with Crippen LogP contribution in [0.4, 0.5) is 5.69 Å². The Balaban J connectivity index is 1.77. The molecule has 3 aromatic rings. The van der Waals surface area contributed by atoms with E-state index in [1.165, 1.54) is 63.7 Å². The average molecular weight is 688 g/mol. The van der Waals surface area contributed by atoms with E-state index in [2.05, 4.69) is 5.32 Å². The first-order chi connectivity index (χ1) is 22.5. The lowest BCUT2D eigenvalue weighted by molar-refractivity contribution is -0.139. The molecule has 0 radical (unpaired) electrons. The fraction of sp³-hybridized carbons (Fsp3) is 0.412. The first-order valence-corrected chi connectivity index (χ1v) is 17.1. The van der Waals surface area contributed by atoms with Gasteiger partial charge in [0, 0.05) is 23.7 Å². The van der Waals surface area contributed by atoms with Crippen LogP contribution in [0.3, 0.4) is 0 Å². The topological polar surface area (TPSA) is 124 Å². The Morgan fingerprint density at radius 2 is 1.55 bits per heavy atom. The normalized spacial score (nSPS) is 14.1. The zero-order chi connectivity index (χ0) is 34.1. The molecule has 0 aliphatic heterocycles. The van der Waals surface area contributed by atoms with Crippen LogP contribution in [0.2, 0.25) is 5.02 Å². The second kappa shape index (κ2) is 16.1. The number of nitrogens with one attached hydrogen (secondary N) is 1. The summed E-state index contributed by atoms with van der Waals surface area (Å²) in [5, 5.41) is 3.33. The summed E-state index contributed by atoms with van der Waals surface area (Å²) in [6.07, 6.45) is 4.91. The highest BCUT2D eigenvalue weighted by atomic mass is 35.5. The van der Waals surface area contributed by atoms with Crippen LogP contribution >= 0.6 is 11.6 Å². The van der Waals surface area contributed by atoms with Gasteiger partial charge < -0.3 is 29.2 Å². The van der Waals surface area contributed by atoms with E-state index in [0.29, 0.717) is 17.1 Å². The number of anilines is 1. The van der Waals surface area contributed by atoms with Gasteiger partial charge in [-0.1, -0.05) is 43.0 Å². The van der Waals surface area contributed by atoms with Crippen LogP contribution in [-0.4, -0.2) is 72.2 Å². The van der Waals surface area contributed by atoms with Gasteiger partial charge in [-0.15, -0.1) is 0 Å². The molecule has 0 heterocycles. The van der Waals surface area contributed by atoms with Gasteiger partial charge in [-0.3, -0.25) is 13.9 Å². The molecule has 254 valence electrons. The maximum Gasteiger partial charge on any atom is 0.265 e. The number of sulfonamides is 1. The lowest BCUT2D eigenvalue weighted by atomic mass is 9.95. The molecule has 1 saturated carbocycles. The summed E-state index contributed by atoms with van der Waals surface area (Å²) in [4.78, 5) is 29.2. The highest BCUT2D eigenvalue weighted by molar-refractivity contribution is 7.92. The van der Waals surface area contributed by atoms with Gasteiger partial charge in [0.05, 0.1) is 39.0 Å². The zero-order valence-electron chi connectivity index (χ0n) is 27.3. The molecular formula is C34H42ClN3O8S. The van der Waals surface area contributed by atoms with Crippen molar-refractivity contribution in [3.05, 3.63) is 71.2 Å². The van der Waals surface area contributed by atoms with Gasteiger partial charge in [0.25, 0.3) is 10.0 Å². The SMILES string of the molecule is COc1cccc(CN(C(=O)CN(c2cc(Cl)ccc2OC)S(=O)(=O)c2ccc(OC)c(OC)c2)C(C)C(=O)NC2CCCCC2)c1. The molecule has 0 aromatic heterocycles. The minimum atomic E-state index is -4.45. The van der Waals surface area contributed by atoms with Crippen molar-refractivity contribution in [2.45, 2.75) is 62.6 Å². The summed E-state index contributed by atoms with van der Waals surface area (Å²) in [6.45, 7) is 0.994. The van der Waals surface area contributed by atoms with Crippen molar-refractivity contribution in [1.29, 1.82) is 0 Å². The highest BCUT2D eigenvalue weighted by Crippen LogP contribution is 2.37. The highest BCUT2D eigenvalue weighted by Gasteiger charge is 2.35.